The van der Waals surface area contributed by atoms with E-state index in [2.05, 4.69) is 4.98 Å². The molecule has 0 saturated heterocycles. The van der Waals surface area contributed by atoms with Crippen molar-refractivity contribution < 1.29 is 9.90 Å². The zero-order valence-electron chi connectivity index (χ0n) is 7.68. The van der Waals surface area contributed by atoms with Crippen LogP contribution in [0.25, 0.3) is 5.69 Å². The lowest BCUT2D eigenvalue weighted by molar-refractivity contribution is 0.0697. The molecule has 1 aromatic carbocycles. The average Bonchev–Trinajstić information content (AvgIpc) is 2.64. The van der Waals surface area contributed by atoms with E-state index in [0.29, 0.717) is 10.5 Å². The summed E-state index contributed by atoms with van der Waals surface area (Å²) in [7, 11) is 0. The molecule has 76 valence electrons. The van der Waals surface area contributed by atoms with Gasteiger partial charge in [-0.05, 0) is 24.4 Å². The second kappa shape index (κ2) is 3.70. The van der Waals surface area contributed by atoms with Crippen molar-refractivity contribution in [1.82, 2.24) is 9.55 Å². The van der Waals surface area contributed by atoms with Crippen molar-refractivity contribution in [2.24, 2.45) is 0 Å². The zero-order valence-corrected chi connectivity index (χ0v) is 8.49. The van der Waals surface area contributed by atoms with Crippen LogP contribution in [0.4, 0.5) is 0 Å². The second-order valence-corrected chi connectivity index (χ2v) is 3.34. The zero-order chi connectivity index (χ0) is 10.8. The van der Waals surface area contributed by atoms with Gasteiger partial charge < -0.3 is 10.1 Å². The van der Waals surface area contributed by atoms with Crippen LogP contribution < -0.4 is 0 Å². The van der Waals surface area contributed by atoms with E-state index in [1.165, 1.54) is 0 Å². The van der Waals surface area contributed by atoms with E-state index in [1.807, 2.05) is 0 Å². The second-order valence-electron chi connectivity index (χ2n) is 2.96. The normalized spacial score (nSPS) is 10.1. The first-order valence-corrected chi connectivity index (χ1v) is 4.69. The van der Waals surface area contributed by atoms with Crippen LogP contribution in [0, 0.1) is 4.77 Å². The maximum atomic E-state index is 11.0. The van der Waals surface area contributed by atoms with Gasteiger partial charge in [-0.3, -0.25) is 4.57 Å². The topological polar surface area (TPSA) is 58.0 Å². The highest BCUT2D eigenvalue weighted by atomic mass is 32.1. The predicted molar refractivity (Wildman–Crippen MR) is 57.9 cm³/mol. The van der Waals surface area contributed by atoms with Gasteiger partial charge in [0.25, 0.3) is 0 Å². The Balaban J connectivity index is 2.68. The fraction of sp³-hybridized carbons (Fsp3) is 0. The molecule has 0 amide bonds. The summed E-state index contributed by atoms with van der Waals surface area (Å²) in [6, 6.07) is 6.72. The van der Waals surface area contributed by atoms with Gasteiger partial charge >= 0.3 is 5.97 Å². The lowest BCUT2D eigenvalue weighted by atomic mass is 10.2. The Morgan fingerprint density at radius 2 is 2.13 bits per heavy atom. The summed E-state index contributed by atoms with van der Waals surface area (Å²) in [5.74, 6) is -0.964. The number of H-pyrrole nitrogens is 1. The Bertz CT molecular complexity index is 556. The standard InChI is InChI=1S/C10H8N2O2S/c13-9(14)7-3-1-2-4-8(7)12-6-5-11-10(12)15/h1-6H,(H,11,15)(H,13,14). The molecule has 5 heteroatoms. The summed E-state index contributed by atoms with van der Waals surface area (Å²) in [5.41, 5.74) is 0.796. The number of carboxylic acids is 1. The third-order valence-electron chi connectivity index (χ3n) is 2.04. The molecule has 1 aromatic heterocycles. The molecule has 0 unspecified atom stereocenters. The van der Waals surface area contributed by atoms with Gasteiger partial charge in [-0.15, -0.1) is 0 Å². The fourth-order valence-electron chi connectivity index (χ4n) is 1.37. The number of benzene rings is 1. The summed E-state index contributed by atoms with van der Waals surface area (Å²) in [6.45, 7) is 0. The number of aromatic amines is 1. The summed E-state index contributed by atoms with van der Waals surface area (Å²) >= 11 is 5.03. The molecule has 2 aromatic rings. The maximum absolute atomic E-state index is 11.0. The molecule has 2 rings (SSSR count). The maximum Gasteiger partial charge on any atom is 0.337 e. The summed E-state index contributed by atoms with van der Waals surface area (Å²) in [5, 5.41) is 9.00. The quantitative estimate of drug-likeness (QED) is 0.763. The smallest absolute Gasteiger partial charge is 0.337 e. The minimum atomic E-state index is -0.964. The van der Waals surface area contributed by atoms with Gasteiger partial charge in [0.1, 0.15) is 0 Å². The van der Waals surface area contributed by atoms with Gasteiger partial charge in [0.05, 0.1) is 11.3 Å². The highest BCUT2D eigenvalue weighted by molar-refractivity contribution is 7.71. The van der Waals surface area contributed by atoms with E-state index < -0.39 is 5.97 Å². The first-order chi connectivity index (χ1) is 7.20. The molecular formula is C10H8N2O2S. The van der Waals surface area contributed by atoms with Crippen molar-refractivity contribution in [3.8, 4) is 5.69 Å². The molecule has 0 fully saturated rings. The number of carbonyl (C=O) groups is 1. The predicted octanol–water partition coefficient (Wildman–Crippen LogP) is 2.23. The number of nitrogens with one attached hydrogen (secondary N) is 1. The minimum absolute atomic E-state index is 0.230. The van der Waals surface area contributed by atoms with Crippen LogP contribution in [0.5, 0.6) is 0 Å². The molecule has 0 saturated carbocycles. The van der Waals surface area contributed by atoms with E-state index in [0.717, 1.165) is 0 Å². The lowest BCUT2D eigenvalue weighted by Crippen LogP contribution is -2.04. The Morgan fingerprint density at radius 1 is 1.40 bits per heavy atom. The third kappa shape index (κ3) is 1.69. The molecule has 2 N–H and O–H groups in total. The van der Waals surface area contributed by atoms with Gasteiger partial charge in [-0.2, -0.15) is 0 Å². The fourth-order valence-corrected chi connectivity index (χ4v) is 1.60. The third-order valence-corrected chi connectivity index (χ3v) is 2.36. The lowest BCUT2D eigenvalue weighted by Gasteiger charge is -2.05. The van der Waals surface area contributed by atoms with Crippen molar-refractivity contribution in [3.63, 3.8) is 0 Å². The number of rotatable bonds is 2. The molecule has 0 aliphatic rings. The number of aromatic nitrogens is 2. The van der Waals surface area contributed by atoms with Gasteiger partial charge in [-0.1, -0.05) is 12.1 Å². The molecule has 0 spiro atoms. The number of nitrogens with zero attached hydrogens (tertiary/aromatic N) is 1. The molecule has 0 bridgehead atoms. The van der Waals surface area contributed by atoms with Crippen LogP contribution in [-0.4, -0.2) is 20.6 Å². The largest absolute Gasteiger partial charge is 0.478 e. The molecular weight excluding hydrogens is 212 g/mol. The number of imidazole rings is 1. The molecule has 0 radical (unpaired) electrons. The van der Waals surface area contributed by atoms with Gasteiger partial charge in [-0.25, -0.2) is 4.79 Å². The monoisotopic (exact) mass is 220 g/mol. The number of para-hydroxylation sites is 1. The average molecular weight is 220 g/mol. The van der Waals surface area contributed by atoms with Crippen LogP contribution in [0.15, 0.2) is 36.7 Å². The summed E-state index contributed by atoms with van der Waals surface area (Å²) in [6.07, 6.45) is 3.37. The first kappa shape index (κ1) is 9.67. The van der Waals surface area contributed by atoms with E-state index in [-0.39, 0.29) is 5.56 Å². The van der Waals surface area contributed by atoms with Crippen molar-refractivity contribution in [2.45, 2.75) is 0 Å². The SMILES string of the molecule is O=C(O)c1ccccc1-n1cc[nH]c1=S. The Kier molecular flexibility index (Phi) is 2.39. The van der Waals surface area contributed by atoms with Crippen molar-refractivity contribution in [2.75, 3.05) is 0 Å². The van der Waals surface area contributed by atoms with Gasteiger partial charge in [0.2, 0.25) is 0 Å². The van der Waals surface area contributed by atoms with Crippen LogP contribution in [-0.2, 0) is 0 Å². The van der Waals surface area contributed by atoms with Crippen molar-refractivity contribution in [1.29, 1.82) is 0 Å². The van der Waals surface area contributed by atoms with Gasteiger partial charge in [0, 0.05) is 12.4 Å². The van der Waals surface area contributed by atoms with Crippen LogP contribution in [0.1, 0.15) is 10.4 Å². The molecule has 0 atom stereocenters. The van der Waals surface area contributed by atoms with Crippen molar-refractivity contribution >= 4 is 18.2 Å². The van der Waals surface area contributed by atoms with Gasteiger partial charge in [0.15, 0.2) is 4.77 Å². The Hall–Kier alpha value is -1.88. The number of carboxylic acid groups (broad SMARTS) is 1. The van der Waals surface area contributed by atoms with E-state index in [1.54, 1.807) is 41.2 Å². The Labute approximate surface area is 90.8 Å². The van der Waals surface area contributed by atoms with Crippen molar-refractivity contribution in [3.05, 3.63) is 47.0 Å². The molecule has 15 heavy (non-hydrogen) atoms. The molecule has 0 aliphatic heterocycles. The molecule has 1 heterocycles. The van der Waals surface area contributed by atoms with Crippen LogP contribution in [0.2, 0.25) is 0 Å². The van der Waals surface area contributed by atoms with Crippen LogP contribution in [0.3, 0.4) is 0 Å². The molecule has 0 aliphatic carbocycles. The van der Waals surface area contributed by atoms with E-state index >= 15 is 0 Å². The number of aromatic carboxylic acids is 1. The number of hydrogen-bond donors (Lipinski definition) is 2. The number of hydrogen-bond acceptors (Lipinski definition) is 2. The minimum Gasteiger partial charge on any atom is -0.478 e. The highest BCUT2D eigenvalue weighted by Crippen LogP contribution is 2.14. The summed E-state index contributed by atoms with van der Waals surface area (Å²) in [4.78, 5) is 13.8. The first-order valence-electron chi connectivity index (χ1n) is 4.29. The summed E-state index contributed by atoms with van der Waals surface area (Å²) < 4.78 is 2.10. The van der Waals surface area contributed by atoms with E-state index in [4.69, 9.17) is 17.3 Å². The highest BCUT2D eigenvalue weighted by Gasteiger charge is 2.10. The van der Waals surface area contributed by atoms with Crippen LogP contribution >= 0.6 is 12.2 Å². The Morgan fingerprint density at radius 3 is 2.73 bits per heavy atom. The van der Waals surface area contributed by atoms with E-state index in [9.17, 15) is 4.79 Å². The molecule has 4 nitrogen and oxygen atoms in total.